The number of nitrogens with one attached hydrogen (secondary N) is 1. The zero-order chi connectivity index (χ0) is 17.2. The fourth-order valence-corrected chi connectivity index (χ4v) is 4.31. The molecular formula is C19H27FN4O. The number of pyridine rings is 1. The molecule has 136 valence electrons. The van der Waals surface area contributed by atoms with Crippen molar-refractivity contribution in [3.05, 3.63) is 24.1 Å². The maximum Gasteiger partial charge on any atom is 0.317 e. The number of hydrogen-bond donors (Lipinski definition) is 1. The van der Waals surface area contributed by atoms with Gasteiger partial charge in [-0.25, -0.2) is 14.2 Å². The lowest BCUT2D eigenvalue weighted by Crippen LogP contribution is -2.54. The number of aromatic nitrogens is 1. The molecule has 2 saturated carbocycles. The maximum atomic E-state index is 13.0. The van der Waals surface area contributed by atoms with Crippen LogP contribution in [0, 0.1) is 17.7 Å². The molecule has 4 rings (SSSR count). The van der Waals surface area contributed by atoms with E-state index in [1.807, 2.05) is 4.90 Å². The summed E-state index contributed by atoms with van der Waals surface area (Å²) in [7, 11) is 0. The molecule has 25 heavy (non-hydrogen) atoms. The predicted octanol–water partition coefficient (Wildman–Crippen LogP) is 3.02. The number of anilines is 1. The second-order valence-electron chi connectivity index (χ2n) is 7.72. The van der Waals surface area contributed by atoms with Crippen LogP contribution >= 0.6 is 0 Å². The predicted molar refractivity (Wildman–Crippen MR) is 95.0 cm³/mol. The van der Waals surface area contributed by atoms with Crippen LogP contribution in [0.15, 0.2) is 18.3 Å². The molecule has 0 spiro atoms. The summed E-state index contributed by atoms with van der Waals surface area (Å²) in [5.74, 6) is 2.23. The first-order valence-corrected chi connectivity index (χ1v) is 9.61. The smallest absolute Gasteiger partial charge is 0.317 e. The van der Waals surface area contributed by atoms with E-state index >= 15 is 0 Å². The summed E-state index contributed by atoms with van der Waals surface area (Å²) in [6.07, 6.45) is 8.91. The third-order valence-corrected chi connectivity index (χ3v) is 5.93. The van der Waals surface area contributed by atoms with Gasteiger partial charge in [-0.2, -0.15) is 0 Å². The van der Waals surface area contributed by atoms with Crippen LogP contribution in [0.1, 0.15) is 38.5 Å². The van der Waals surface area contributed by atoms with Gasteiger partial charge in [0, 0.05) is 32.2 Å². The zero-order valence-corrected chi connectivity index (χ0v) is 14.7. The first-order chi connectivity index (χ1) is 12.2. The summed E-state index contributed by atoms with van der Waals surface area (Å²) in [6.45, 7) is 2.84. The molecule has 1 N–H and O–H groups in total. The number of halogens is 1. The van der Waals surface area contributed by atoms with Crippen LogP contribution in [0.3, 0.4) is 0 Å². The molecule has 2 heterocycles. The molecule has 2 aliphatic carbocycles. The summed E-state index contributed by atoms with van der Waals surface area (Å²) in [4.78, 5) is 20.7. The molecule has 2 atom stereocenters. The largest absolute Gasteiger partial charge is 0.353 e. The number of piperazine rings is 1. The number of carbonyl (C=O) groups is 1. The van der Waals surface area contributed by atoms with Crippen molar-refractivity contribution in [3.8, 4) is 0 Å². The maximum absolute atomic E-state index is 13.0. The first kappa shape index (κ1) is 16.6. The molecular weight excluding hydrogens is 319 g/mol. The van der Waals surface area contributed by atoms with Gasteiger partial charge in [-0.15, -0.1) is 0 Å². The quantitative estimate of drug-likeness (QED) is 0.915. The Kier molecular flexibility index (Phi) is 4.77. The molecule has 1 aromatic heterocycles. The number of nitrogens with zero attached hydrogens (tertiary/aromatic N) is 3. The van der Waals surface area contributed by atoms with E-state index in [2.05, 4.69) is 15.2 Å². The Balaban J connectivity index is 1.25. The van der Waals surface area contributed by atoms with Crippen molar-refractivity contribution in [2.75, 3.05) is 31.1 Å². The third-order valence-electron chi connectivity index (χ3n) is 5.93. The number of urea groups is 1. The van der Waals surface area contributed by atoms with E-state index in [0.29, 0.717) is 19.1 Å². The van der Waals surface area contributed by atoms with E-state index in [9.17, 15) is 9.18 Å². The third kappa shape index (κ3) is 4.05. The number of rotatable bonds is 3. The highest BCUT2D eigenvalue weighted by atomic mass is 19.1. The second-order valence-corrected chi connectivity index (χ2v) is 7.72. The fraction of sp³-hybridized carbons (Fsp3) is 0.684. The first-order valence-electron chi connectivity index (χ1n) is 9.61. The van der Waals surface area contributed by atoms with Gasteiger partial charge in [0.25, 0.3) is 0 Å². The summed E-state index contributed by atoms with van der Waals surface area (Å²) in [5.41, 5.74) is 0. The van der Waals surface area contributed by atoms with Crippen molar-refractivity contribution < 1.29 is 9.18 Å². The average Bonchev–Trinajstić information content (AvgIpc) is 3.48. The van der Waals surface area contributed by atoms with Crippen LogP contribution in [0.5, 0.6) is 0 Å². The number of hydrogen-bond acceptors (Lipinski definition) is 3. The SMILES string of the molecule is O=C(N[C@@H]1CCC[C@H](C2CC2)C1)N1CCN(c2ccc(F)cn2)CC1. The average molecular weight is 346 g/mol. The van der Waals surface area contributed by atoms with Crippen molar-refractivity contribution in [2.45, 2.75) is 44.6 Å². The molecule has 1 aliphatic heterocycles. The number of amides is 2. The van der Waals surface area contributed by atoms with Gasteiger partial charge in [-0.3, -0.25) is 0 Å². The molecule has 1 aromatic rings. The van der Waals surface area contributed by atoms with Crippen molar-refractivity contribution in [2.24, 2.45) is 11.8 Å². The zero-order valence-electron chi connectivity index (χ0n) is 14.7. The Labute approximate surface area is 148 Å². The minimum absolute atomic E-state index is 0.0770. The van der Waals surface area contributed by atoms with Gasteiger partial charge >= 0.3 is 6.03 Å². The summed E-state index contributed by atoms with van der Waals surface area (Å²) < 4.78 is 13.0. The lowest BCUT2D eigenvalue weighted by atomic mass is 9.83. The van der Waals surface area contributed by atoms with Crippen LogP contribution in [0.2, 0.25) is 0 Å². The van der Waals surface area contributed by atoms with E-state index in [1.165, 1.54) is 37.9 Å². The van der Waals surface area contributed by atoms with Crippen molar-refractivity contribution >= 4 is 11.8 Å². The molecule has 0 radical (unpaired) electrons. The van der Waals surface area contributed by atoms with Gasteiger partial charge in [-0.05, 0) is 49.7 Å². The normalized spacial score (nSPS) is 27.2. The van der Waals surface area contributed by atoms with E-state index < -0.39 is 0 Å². The molecule has 1 saturated heterocycles. The van der Waals surface area contributed by atoms with Gasteiger partial charge in [-0.1, -0.05) is 12.8 Å². The van der Waals surface area contributed by atoms with Gasteiger partial charge in [0.15, 0.2) is 0 Å². The van der Waals surface area contributed by atoms with Crippen molar-refractivity contribution in [1.29, 1.82) is 0 Å². The van der Waals surface area contributed by atoms with Crippen LogP contribution in [-0.2, 0) is 0 Å². The van der Waals surface area contributed by atoms with Gasteiger partial charge in [0.2, 0.25) is 0 Å². The van der Waals surface area contributed by atoms with Crippen LogP contribution in [0.25, 0.3) is 0 Å². The molecule has 5 nitrogen and oxygen atoms in total. The Morgan fingerprint density at radius 2 is 1.88 bits per heavy atom. The van der Waals surface area contributed by atoms with E-state index in [1.54, 1.807) is 6.07 Å². The Bertz CT molecular complexity index is 596. The minimum Gasteiger partial charge on any atom is -0.353 e. The standard InChI is InChI=1S/C19H27FN4O/c20-16-6-7-18(21-13-16)23-8-10-24(11-9-23)19(25)22-17-3-1-2-15(12-17)14-4-5-14/h6-7,13-15,17H,1-5,8-12H2,(H,22,25)/t15-,17+/m0/s1. The summed E-state index contributed by atoms with van der Waals surface area (Å²) in [5, 5.41) is 3.27. The van der Waals surface area contributed by atoms with Crippen LogP contribution in [-0.4, -0.2) is 48.1 Å². The van der Waals surface area contributed by atoms with Crippen LogP contribution in [0.4, 0.5) is 15.0 Å². The highest BCUT2D eigenvalue weighted by molar-refractivity contribution is 5.75. The Hall–Kier alpha value is -1.85. The fourth-order valence-electron chi connectivity index (χ4n) is 4.31. The minimum atomic E-state index is -0.321. The summed E-state index contributed by atoms with van der Waals surface area (Å²) >= 11 is 0. The lowest BCUT2D eigenvalue weighted by molar-refractivity contribution is 0.180. The second kappa shape index (κ2) is 7.18. The van der Waals surface area contributed by atoms with Crippen molar-refractivity contribution in [1.82, 2.24) is 15.2 Å². The van der Waals surface area contributed by atoms with E-state index in [-0.39, 0.29) is 11.8 Å². The number of carbonyl (C=O) groups excluding carboxylic acids is 1. The Morgan fingerprint density at radius 3 is 2.56 bits per heavy atom. The molecule has 3 fully saturated rings. The molecule has 2 amide bonds. The molecule has 6 heteroatoms. The monoisotopic (exact) mass is 346 g/mol. The van der Waals surface area contributed by atoms with Gasteiger partial charge in [0.1, 0.15) is 11.6 Å². The van der Waals surface area contributed by atoms with E-state index in [4.69, 9.17) is 0 Å². The topological polar surface area (TPSA) is 48.5 Å². The van der Waals surface area contributed by atoms with Crippen molar-refractivity contribution in [3.63, 3.8) is 0 Å². The van der Waals surface area contributed by atoms with Gasteiger partial charge in [0.05, 0.1) is 6.20 Å². The highest BCUT2D eigenvalue weighted by Crippen LogP contribution is 2.43. The van der Waals surface area contributed by atoms with Gasteiger partial charge < -0.3 is 15.1 Å². The lowest BCUT2D eigenvalue weighted by Gasteiger charge is -2.37. The molecule has 0 bridgehead atoms. The highest BCUT2D eigenvalue weighted by Gasteiger charge is 2.35. The molecule has 0 aromatic carbocycles. The molecule has 3 aliphatic rings. The Morgan fingerprint density at radius 1 is 1.08 bits per heavy atom. The van der Waals surface area contributed by atoms with Crippen LogP contribution < -0.4 is 10.2 Å². The molecule has 0 unspecified atom stereocenters. The van der Waals surface area contributed by atoms with E-state index in [0.717, 1.165) is 43.6 Å². The summed E-state index contributed by atoms with van der Waals surface area (Å²) in [6, 6.07) is 3.56.